The molecule has 0 amide bonds. The Morgan fingerprint density at radius 2 is 1.72 bits per heavy atom. The molecule has 0 aliphatic rings. The van der Waals surface area contributed by atoms with Gasteiger partial charge in [0.05, 0.1) is 5.56 Å². The molecule has 0 fully saturated rings. The topological polar surface area (TPSA) is 17.1 Å². The van der Waals surface area contributed by atoms with Gasteiger partial charge in [-0.05, 0) is 77.9 Å². The van der Waals surface area contributed by atoms with Crippen LogP contribution in [0.1, 0.15) is 27.0 Å². The molecule has 0 aliphatic heterocycles. The lowest BCUT2D eigenvalue weighted by atomic mass is 9.97. The van der Waals surface area contributed by atoms with Gasteiger partial charge in [-0.25, -0.2) is 4.39 Å². The third kappa shape index (κ3) is 2.61. The van der Waals surface area contributed by atoms with E-state index in [1.807, 2.05) is 25.1 Å². The molecule has 0 N–H and O–H groups in total. The van der Waals surface area contributed by atoms with E-state index in [1.165, 1.54) is 6.07 Å². The Hall–Kier alpha value is -1.23. The molecule has 0 radical (unpaired) electrons. The van der Waals surface area contributed by atoms with E-state index >= 15 is 0 Å². The van der Waals surface area contributed by atoms with Crippen LogP contribution in [0.25, 0.3) is 0 Å². The summed E-state index contributed by atoms with van der Waals surface area (Å²) in [7, 11) is 0. The van der Waals surface area contributed by atoms with Gasteiger partial charge in [0.25, 0.3) is 0 Å². The molecule has 0 unspecified atom stereocenters. The first-order valence-electron chi connectivity index (χ1n) is 5.56. The normalized spacial score (nSPS) is 10.4. The first-order chi connectivity index (χ1) is 8.49. The predicted octanol–water partition coefficient (Wildman–Crippen LogP) is 4.28. The zero-order valence-corrected chi connectivity index (χ0v) is 12.3. The zero-order chi connectivity index (χ0) is 13.3. The predicted molar refractivity (Wildman–Crippen MR) is 78.5 cm³/mol. The minimum absolute atomic E-state index is 0.168. The molecule has 92 valence electrons. The Balaban J connectivity index is 2.49. The molecule has 2 aromatic carbocycles. The molecule has 0 aliphatic carbocycles. The van der Waals surface area contributed by atoms with E-state index in [0.717, 1.165) is 9.13 Å². The van der Waals surface area contributed by atoms with Gasteiger partial charge in [0.15, 0.2) is 5.78 Å². The summed E-state index contributed by atoms with van der Waals surface area (Å²) in [6, 6.07) is 10.4. The third-order valence-corrected chi connectivity index (χ3v) is 3.48. The molecule has 0 bridgehead atoms. The minimum Gasteiger partial charge on any atom is -0.288 e. The van der Waals surface area contributed by atoms with E-state index in [1.54, 1.807) is 19.1 Å². The molecular formula is C15H12FIO. The Morgan fingerprint density at radius 3 is 2.28 bits per heavy atom. The van der Waals surface area contributed by atoms with Gasteiger partial charge in [0.1, 0.15) is 5.82 Å². The summed E-state index contributed by atoms with van der Waals surface area (Å²) in [4.78, 5) is 12.3. The molecule has 0 heterocycles. The summed E-state index contributed by atoms with van der Waals surface area (Å²) >= 11 is 2.17. The highest BCUT2D eigenvalue weighted by atomic mass is 127. The van der Waals surface area contributed by atoms with E-state index < -0.39 is 5.82 Å². The van der Waals surface area contributed by atoms with Crippen molar-refractivity contribution in [3.05, 3.63) is 68.0 Å². The van der Waals surface area contributed by atoms with Gasteiger partial charge in [-0.3, -0.25) is 4.79 Å². The second kappa shape index (κ2) is 5.18. The minimum atomic E-state index is -0.448. The standard InChI is InChI=1S/C15H12FIO/c1-9-7-10(2)14(13(16)8-9)15(18)11-3-5-12(17)6-4-11/h3-8H,1-2H3. The average Bonchev–Trinajstić information content (AvgIpc) is 2.28. The lowest BCUT2D eigenvalue weighted by molar-refractivity contribution is 0.103. The summed E-state index contributed by atoms with van der Waals surface area (Å²) in [5.41, 5.74) is 2.18. The number of ketones is 1. The maximum Gasteiger partial charge on any atom is 0.196 e. The molecule has 0 saturated carbocycles. The Bertz CT molecular complexity index is 579. The van der Waals surface area contributed by atoms with Gasteiger partial charge < -0.3 is 0 Å². The first kappa shape index (κ1) is 13.2. The molecule has 3 heteroatoms. The smallest absolute Gasteiger partial charge is 0.196 e. The maximum atomic E-state index is 13.9. The molecule has 2 aromatic rings. The van der Waals surface area contributed by atoms with Crippen LogP contribution in [0, 0.1) is 23.2 Å². The summed E-state index contributed by atoms with van der Waals surface area (Å²) in [6.07, 6.45) is 0. The summed E-state index contributed by atoms with van der Waals surface area (Å²) in [5, 5.41) is 0. The van der Waals surface area contributed by atoms with Crippen molar-refractivity contribution in [2.45, 2.75) is 13.8 Å². The second-order valence-electron chi connectivity index (χ2n) is 4.27. The Kier molecular flexibility index (Phi) is 3.80. The van der Waals surface area contributed by atoms with Crippen LogP contribution >= 0.6 is 22.6 Å². The highest BCUT2D eigenvalue weighted by molar-refractivity contribution is 14.1. The number of hydrogen-bond acceptors (Lipinski definition) is 1. The molecule has 0 saturated heterocycles. The van der Waals surface area contributed by atoms with Crippen molar-refractivity contribution in [1.82, 2.24) is 0 Å². The van der Waals surface area contributed by atoms with E-state index in [2.05, 4.69) is 22.6 Å². The van der Waals surface area contributed by atoms with Crippen molar-refractivity contribution in [2.75, 3.05) is 0 Å². The lowest BCUT2D eigenvalue weighted by Gasteiger charge is -2.08. The van der Waals surface area contributed by atoms with Gasteiger partial charge in [-0.15, -0.1) is 0 Å². The van der Waals surface area contributed by atoms with Crippen LogP contribution in [-0.2, 0) is 0 Å². The van der Waals surface area contributed by atoms with Crippen molar-refractivity contribution in [2.24, 2.45) is 0 Å². The van der Waals surface area contributed by atoms with Crippen LogP contribution < -0.4 is 0 Å². The van der Waals surface area contributed by atoms with E-state index in [9.17, 15) is 9.18 Å². The van der Waals surface area contributed by atoms with Gasteiger partial charge in [-0.2, -0.15) is 0 Å². The van der Waals surface area contributed by atoms with Crippen molar-refractivity contribution in [3.8, 4) is 0 Å². The lowest BCUT2D eigenvalue weighted by Crippen LogP contribution is -2.07. The van der Waals surface area contributed by atoms with Crippen molar-refractivity contribution in [1.29, 1.82) is 0 Å². The number of hydrogen-bond donors (Lipinski definition) is 0. The number of carbonyl (C=O) groups is 1. The van der Waals surface area contributed by atoms with Crippen LogP contribution in [0.3, 0.4) is 0 Å². The first-order valence-corrected chi connectivity index (χ1v) is 6.64. The average molecular weight is 354 g/mol. The fourth-order valence-electron chi connectivity index (χ4n) is 1.95. The molecule has 2 rings (SSSR count). The van der Waals surface area contributed by atoms with Crippen LogP contribution in [0.5, 0.6) is 0 Å². The van der Waals surface area contributed by atoms with Crippen molar-refractivity contribution >= 4 is 28.4 Å². The van der Waals surface area contributed by atoms with Gasteiger partial charge >= 0.3 is 0 Å². The second-order valence-corrected chi connectivity index (χ2v) is 5.52. The number of carbonyl (C=O) groups excluding carboxylic acids is 1. The van der Waals surface area contributed by atoms with Crippen molar-refractivity contribution in [3.63, 3.8) is 0 Å². The van der Waals surface area contributed by atoms with Crippen molar-refractivity contribution < 1.29 is 9.18 Å². The molecule has 0 spiro atoms. The Labute approximate surface area is 119 Å². The molecule has 0 atom stereocenters. The highest BCUT2D eigenvalue weighted by Crippen LogP contribution is 2.20. The summed E-state index contributed by atoms with van der Waals surface area (Å²) in [6.45, 7) is 3.57. The molecule has 1 nitrogen and oxygen atoms in total. The number of halogens is 2. The molecule has 0 aromatic heterocycles. The monoisotopic (exact) mass is 354 g/mol. The number of rotatable bonds is 2. The quantitative estimate of drug-likeness (QED) is 0.581. The zero-order valence-electron chi connectivity index (χ0n) is 10.1. The fraction of sp³-hybridized carbons (Fsp3) is 0.133. The third-order valence-electron chi connectivity index (χ3n) is 2.77. The largest absolute Gasteiger partial charge is 0.288 e. The molecule has 18 heavy (non-hydrogen) atoms. The Morgan fingerprint density at radius 1 is 1.11 bits per heavy atom. The summed E-state index contributed by atoms with van der Waals surface area (Å²) in [5.74, 6) is -0.711. The molecular weight excluding hydrogens is 342 g/mol. The highest BCUT2D eigenvalue weighted by Gasteiger charge is 2.16. The van der Waals surface area contributed by atoms with Crippen LogP contribution in [0.2, 0.25) is 0 Å². The van der Waals surface area contributed by atoms with E-state index in [0.29, 0.717) is 11.1 Å². The summed E-state index contributed by atoms with van der Waals surface area (Å²) < 4.78 is 15.0. The number of benzene rings is 2. The van der Waals surface area contributed by atoms with Crippen LogP contribution in [0.4, 0.5) is 4.39 Å². The number of aryl methyl sites for hydroxylation is 2. The van der Waals surface area contributed by atoms with Crippen LogP contribution in [-0.4, -0.2) is 5.78 Å². The van der Waals surface area contributed by atoms with Crippen LogP contribution in [0.15, 0.2) is 36.4 Å². The van der Waals surface area contributed by atoms with Gasteiger partial charge in [0, 0.05) is 9.13 Å². The van der Waals surface area contributed by atoms with Gasteiger partial charge in [-0.1, -0.05) is 6.07 Å². The van der Waals surface area contributed by atoms with E-state index in [-0.39, 0.29) is 11.3 Å². The maximum absolute atomic E-state index is 13.9. The van der Waals surface area contributed by atoms with Gasteiger partial charge in [0.2, 0.25) is 0 Å². The SMILES string of the molecule is Cc1cc(C)c(C(=O)c2ccc(I)cc2)c(F)c1. The fourth-order valence-corrected chi connectivity index (χ4v) is 2.31. The van der Waals surface area contributed by atoms with E-state index in [4.69, 9.17) is 0 Å².